The zero-order valence-electron chi connectivity index (χ0n) is 10.2. The zero-order chi connectivity index (χ0) is 13.4. The number of thiocarbonyl (C=S) groups is 1. The molecule has 0 aliphatic carbocycles. The average molecular weight is 261 g/mol. The Hall–Kier alpha value is -1.93. The van der Waals surface area contributed by atoms with Gasteiger partial charge in [0.1, 0.15) is 6.07 Å². The Morgan fingerprint density at radius 3 is 2.83 bits per heavy atom. The lowest BCUT2D eigenvalue weighted by molar-refractivity contribution is -0.110. The maximum Gasteiger partial charge on any atom is 0.283 e. The van der Waals surface area contributed by atoms with E-state index in [1.54, 1.807) is 24.3 Å². The number of para-hydroxylation sites is 1. The number of nitrogens with one attached hydrogen (secondary N) is 2. The molecule has 0 atom stereocenters. The van der Waals surface area contributed by atoms with Gasteiger partial charge in [-0.05, 0) is 18.6 Å². The van der Waals surface area contributed by atoms with Crippen LogP contribution in [-0.4, -0.2) is 17.4 Å². The highest BCUT2D eigenvalue weighted by Crippen LogP contribution is 2.13. The molecule has 1 amide bonds. The van der Waals surface area contributed by atoms with E-state index in [1.807, 2.05) is 6.07 Å². The minimum absolute atomic E-state index is 0.149. The van der Waals surface area contributed by atoms with Crippen molar-refractivity contribution in [3.8, 4) is 6.07 Å². The van der Waals surface area contributed by atoms with Crippen LogP contribution in [0, 0.1) is 11.3 Å². The summed E-state index contributed by atoms with van der Waals surface area (Å²) in [4.78, 5) is 11.9. The van der Waals surface area contributed by atoms with Crippen molar-refractivity contribution in [3.05, 3.63) is 29.8 Å². The molecule has 1 rings (SSSR count). The van der Waals surface area contributed by atoms with Crippen LogP contribution in [0.5, 0.6) is 0 Å². The number of hydrogen-bond donors (Lipinski definition) is 2. The quantitative estimate of drug-likeness (QED) is 0.644. The van der Waals surface area contributed by atoms with Gasteiger partial charge in [-0.3, -0.25) is 4.79 Å². The van der Waals surface area contributed by atoms with E-state index in [2.05, 4.69) is 17.6 Å². The summed E-state index contributed by atoms with van der Waals surface area (Å²) in [7, 11) is 0. The Kier molecular flexibility index (Phi) is 5.81. The van der Waals surface area contributed by atoms with Crippen LogP contribution >= 0.6 is 12.2 Å². The molecular formula is C13H15N3OS. The lowest BCUT2D eigenvalue weighted by atomic mass is 10.2. The first-order valence-corrected chi connectivity index (χ1v) is 6.18. The molecule has 0 saturated heterocycles. The fourth-order valence-corrected chi connectivity index (χ4v) is 1.48. The largest absolute Gasteiger partial charge is 0.372 e. The van der Waals surface area contributed by atoms with Crippen LogP contribution in [0.25, 0.3) is 0 Å². The van der Waals surface area contributed by atoms with E-state index < -0.39 is 0 Å². The molecule has 1 aromatic rings. The van der Waals surface area contributed by atoms with E-state index in [0.717, 1.165) is 12.8 Å². The molecule has 0 unspecified atom stereocenters. The summed E-state index contributed by atoms with van der Waals surface area (Å²) in [6.07, 6.45) is 2.00. The summed E-state index contributed by atoms with van der Waals surface area (Å²) in [5, 5.41) is 14.4. The van der Waals surface area contributed by atoms with Crippen molar-refractivity contribution in [2.75, 3.05) is 11.9 Å². The second kappa shape index (κ2) is 7.41. The summed E-state index contributed by atoms with van der Waals surface area (Å²) < 4.78 is 0. The monoisotopic (exact) mass is 261 g/mol. The molecule has 0 aliphatic rings. The third kappa shape index (κ3) is 4.15. The molecule has 2 N–H and O–H groups in total. The Bertz CT molecular complexity index is 479. The maximum atomic E-state index is 11.8. The molecule has 0 fully saturated rings. The number of amides is 1. The van der Waals surface area contributed by atoms with Crippen molar-refractivity contribution in [2.24, 2.45) is 0 Å². The summed E-state index contributed by atoms with van der Waals surface area (Å²) in [5.41, 5.74) is 0.895. The smallest absolute Gasteiger partial charge is 0.283 e. The van der Waals surface area contributed by atoms with Gasteiger partial charge in [-0.2, -0.15) is 5.26 Å². The number of rotatable bonds is 4. The SMILES string of the molecule is CCCCNC(=S)C(=O)Nc1ccccc1C#N. The van der Waals surface area contributed by atoms with Gasteiger partial charge in [-0.15, -0.1) is 0 Å². The normalized spacial score (nSPS) is 9.33. The summed E-state index contributed by atoms with van der Waals surface area (Å²) in [5.74, 6) is -0.385. The van der Waals surface area contributed by atoms with Gasteiger partial charge in [0, 0.05) is 6.54 Å². The number of carbonyl (C=O) groups is 1. The number of carbonyl (C=O) groups excluding carboxylic acids is 1. The summed E-state index contributed by atoms with van der Waals surface area (Å²) in [6.45, 7) is 2.75. The molecule has 5 heteroatoms. The molecule has 0 radical (unpaired) electrons. The predicted octanol–water partition coefficient (Wildman–Crippen LogP) is 2.21. The topological polar surface area (TPSA) is 64.9 Å². The molecule has 1 aromatic carbocycles. The highest BCUT2D eigenvalue weighted by atomic mass is 32.1. The van der Waals surface area contributed by atoms with Crippen LogP contribution in [0.3, 0.4) is 0 Å². The van der Waals surface area contributed by atoms with Crippen molar-refractivity contribution >= 4 is 28.8 Å². The maximum absolute atomic E-state index is 11.8. The highest BCUT2D eigenvalue weighted by Gasteiger charge is 2.10. The lowest BCUT2D eigenvalue weighted by Gasteiger charge is -2.09. The Morgan fingerprint density at radius 2 is 2.17 bits per heavy atom. The molecule has 4 nitrogen and oxygen atoms in total. The zero-order valence-corrected chi connectivity index (χ0v) is 11.0. The Balaban J connectivity index is 2.59. The van der Waals surface area contributed by atoms with Crippen LogP contribution in [-0.2, 0) is 4.79 Å². The van der Waals surface area contributed by atoms with Crippen molar-refractivity contribution in [3.63, 3.8) is 0 Å². The van der Waals surface area contributed by atoms with Crippen molar-refractivity contribution in [1.29, 1.82) is 5.26 Å². The van der Waals surface area contributed by atoms with Crippen LogP contribution in [0.2, 0.25) is 0 Å². The first-order chi connectivity index (χ1) is 8.69. The first kappa shape index (κ1) is 14.1. The molecule has 0 bridgehead atoms. The fraction of sp³-hybridized carbons (Fsp3) is 0.308. The first-order valence-electron chi connectivity index (χ1n) is 5.77. The van der Waals surface area contributed by atoms with Gasteiger partial charge in [0.2, 0.25) is 0 Å². The number of nitriles is 1. The van der Waals surface area contributed by atoms with E-state index in [1.165, 1.54) is 0 Å². The fourth-order valence-electron chi connectivity index (χ4n) is 1.33. The van der Waals surface area contributed by atoms with Crippen LogP contribution in [0.4, 0.5) is 5.69 Å². The molecule has 18 heavy (non-hydrogen) atoms. The molecule has 0 aliphatic heterocycles. The van der Waals surface area contributed by atoms with Crippen LogP contribution in [0.1, 0.15) is 25.3 Å². The summed E-state index contributed by atoms with van der Waals surface area (Å²) >= 11 is 4.96. The van der Waals surface area contributed by atoms with Crippen LogP contribution < -0.4 is 10.6 Å². The van der Waals surface area contributed by atoms with Gasteiger partial charge in [0.05, 0.1) is 11.3 Å². The molecule has 94 valence electrons. The van der Waals surface area contributed by atoms with Gasteiger partial charge < -0.3 is 10.6 Å². The molecular weight excluding hydrogens is 246 g/mol. The Morgan fingerprint density at radius 1 is 1.44 bits per heavy atom. The number of anilines is 1. The van der Waals surface area contributed by atoms with E-state index >= 15 is 0 Å². The highest BCUT2D eigenvalue weighted by molar-refractivity contribution is 7.82. The van der Waals surface area contributed by atoms with Gasteiger partial charge in [-0.1, -0.05) is 37.7 Å². The predicted molar refractivity (Wildman–Crippen MR) is 75.3 cm³/mol. The lowest BCUT2D eigenvalue weighted by Crippen LogP contribution is -2.34. The third-order valence-electron chi connectivity index (χ3n) is 2.32. The number of unbranched alkanes of at least 4 members (excludes halogenated alkanes) is 1. The van der Waals surface area contributed by atoms with Gasteiger partial charge >= 0.3 is 0 Å². The van der Waals surface area contributed by atoms with Gasteiger partial charge in [0.15, 0.2) is 4.99 Å². The van der Waals surface area contributed by atoms with Crippen molar-refractivity contribution in [2.45, 2.75) is 19.8 Å². The Labute approximate surface area is 112 Å². The average Bonchev–Trinajstić information content (AvgIpc) is 2.39. The number of benzene rings is 1. The van der Waals surface area contributed by atoms with Crippen LogP contribution in [0.15, 0.2) is 24.3 Å². The van der Waals surface area contributed by atoms with E-state index in [-0.39, 0.29) is 10.9 Å². The van der Waals surface area contributed by atoms with Gasteiger partial charge in [0.25, 0.3) is 5.91 Å². The number of hydrogen-bond acceptors (Lipinski definition) is 3. The van der Waals surface area contributed by atoms with Crippen molar-refractivity contribution < 1.29 is 4.79 Å². The second-order valence-electron chi connectivity index (χ2n) is 3.72. The van der Waals surface area contributed by atoms with E-state index in [9.17, 15) is 4.79 Å². The minimum Gasteiger partial charge on any atom is -0.372 e. The third-order valence-corrected chi connectivity index (χ3v) is 2.65. The van der Waals surface area contributed by atoms with E-state index in [4.69, 9.17) is 17.5 Å². The summed E-state index contributed by atoms with van der Waals surface area (Å²) in [6, 6.07) is 8.82. The molecule has 0 heterocycles. The minimum atomic E-state index is -0.385. The molecule has 0 saturated carbocycles. The second-order valence-corrected chi connectivity index (χ2v) is 4.13. The van der Waals surface area contributed by atoms with E-state index in [0.29, 0.717) is 17.8 Å². The molecule has 0 aromatic heterocycles. The number of nitrogens with zero attached hydrogens (tertiary/aromatic N) is 1. The standard InChI is InChI=1S/C13H15N3OS/c1-2-3-8-15-13(18)12(17)16-11-7-5-4-6-10(11)9-14/h4-7H,2-3,8H2,1H3,(H,15,18)(H,16,17). The van der Waals surface area contributed by atoms with Gasteiger partial charge in [-0.25, -0.2) is 0 Å². The molecule has 0 spiro atoms. The van der Waals surface area contributed by atoms with Crippen molar-refractivity contribution in [1.82, 2.24) is 5.32 Å².